The van der Waals surface area contributed by atoms with Gasteiger partial charge in [0, 0.05) is 18.8 Å². The first-order valence-corrected chi connectivity index (χ1v) is 8.16. The van der Waals surface area contributed by atoms with Crippen molar-refractivity contribution in [3.05, 3.63) is 34.2 Å². The molecule has 5 rings (SSSR count). The molecule has 4 fully saturated rings. The van der Waals surface area contributed by atoms with Gasteiger partial charge in [0.15, 0.2) is 0 Å². The highest BCUT2D eigenvalue weighted by Crippen LogP contribution is 2.56. The zero-order valence-corrected chi connectivity index (χ0v) is 12.0. The topological polar surface area (TPSA) is 44.9 Å². The third-order valence-corrected chi connectivity index (χ3v) is 5.98. The van der Waals surface area contributed by atoms with Crippen molar-refractivity contribution >= 4 is 0 Å². The van der Waals surface area contributed by atoms with Crippen molar-refractivity contribution in [2.24, 2.45) is 29.6 Å². The van der Waals surface area contributed by atoms with Crippen LogP contribution in [0.15, 0.2) is 23.1 Å². The van der Waals surface area contributed by atoms with Crippen molar-refractivity contribution in [2.45, 2.75) is 38.6 Å². The number of nitrogens with one attached hydrogen (secondary N) is 2. The lowest BCUT2D eigenvalue weighted by molar-refractivity contribution is -0.0355. The van der Waals surface area contributed by atoms with Crippen molar-refractivity contribution in [1.82, 2.24) is 10.3 Å². The van der Waals surface area contributed by atoms with Gasteiger partial charge in [-0.2, -0.15) is 0 Å². The van der Waals surface area contributed by atoms with Crippen molar-refractivity contribution in [3.63, 3.8) is 0 Å². The molecule has 1 heterocycles. The van der Waals surface area contributed by atoms with Crippen molar-refractivity contribution in [3.8, 4) is 0 Å². The Labute approximate surface area is 120 Å². The third-order valence-electron chi connectivity index (χ3n) is 5.98. The van der Waals surface area contributed by atoms with Gasteiger partial charge in [0.1, 0.15) is 0 Å². The highest BCUT2D eigenvalue weighted by molar-refractivity contribution is 5.08. The standard InChI is InChI=1S/C17H24N2O/c20-17-2-1-11(9-19-17)8-18-10-16-14-4-12-3-13(6-14)7-15(16)5-12/h1-2,9,12-16,18H,3-8,10H2,(H,19,20). The summed E-state index contributed by atoms with van der Waals surface area (Å²) < 4.78 is 0. The highest BCUT2D eigenvalue weighted by atomic mass is 16.1. The van der Waals surface area contributed by atoms with Gasteiger partial charge in [-0.1, -0.05) is 6.07 Å². The zero-order chi connectivity index (χ0) is 13.5. The monoisotopic (exact) mass is 272 g/mol. The summed E-state index contributed by atoms with van der Waals surface area (Å²) in [4.78, 5) is 13.8. The molecule has 0 spiro atoms. The summed E-state index contributed by atoms with van der Waals surface area (Å²) in [5.74, 6) is 5.02. The summed E-state index contributed by atoms with van der Waals surface area (Å²) in [6, 6.07) is 3.53. The average molecular weight is 272 g/mol. The summed E-state index contributed by atoms with van der Waals surface area (Å²) in [5, 5.41) is 3.63. The molecule has 4 aliphatic carbocycles. The Bertz CT molecular complexity index is 488. The summed E-state index contributed by atoms with van der Waals surface area (Å²) in [6.07, 6.45) is 9.35. The lowest BCUT2D eigenvalue weighted by Crippen LogP contribution is -2.48. The summed E-state index contributed by atoms with van der Waals surface area (Å²) in [7, 11) is 0. The third kappa shape index (κ3) is 2.32. The van der Waals surface area contributed by atoms with Crippen LogP contribution in [0.2, 0.25) is 0 Å². The molecule has 0 unspecified atom stereocenters. The minimum Gasteiger partial charge on any atom is -0.329 e. The highest BCUT2D eigenvalue weighted by Gasteiger charge is 2.47. The number of hydrogen-bond donors (Lipinski definition) is 2. The molecule has 0 amide bonds. The second kappa shape index (κ2) is 5.03. The van der Waals surface area contributed by atoms with Crippen LogP contribution in [0.3, 0.4) is 0 Å². The molecular formula is C17H24N2O. The smallest absolute Gasteiger partial charge is 0.247 e. The van der Waals surface area contributed by atoms with Gasteiger partial charge in [0.25, 0.3) is 0 Å². The van der Waals surface area contributed by atoms with Crippen LogP contribution in [0.25, 0.3) is 0 Å². The van der Waals surface area contributed by atoms with Crippen LogP contribution in [0.5, 0.6) is 0 Å². The zero-order valence-electron chi connectivity index (χ0n) is 12.0. The van der Waals surface area contributed by atoms with E-state index in [0.29, 0.717) is 0 Å². The fraction of sp³-hybridized carbons (Fsp3) is 0.706. The molecule has 0 radical (unpaired) electrons. The molecule has 3 nitrogen and oxygen atoms in total. The molecule has 4 bridgehead atoms. The largest absolute Gasteiger partial charge is 0.329 e. The molecule has 20 heavy (non-hydrogen) atoms. The Morgan fingerprint density at radius 3 is 2.35 bits per heavy atom. The van der Waals surface area contributed by atoms with Crippen LogP contribution in [0.1, 0.15) is 37.7 Å². The van der Waals surface area contributed by atoms with Crippen LogP contribution in [0.4, 0.5) is 0 Å². The Morgan fingerprint density at radius 1 is 1.05 bits per heavy atom. The first kappa shape index (κ1) is 12.6. The molecule has 3 heteroatoms. The Hall–Kier alpha value is -1.09. The van der Waals surface area contributed by atoms with Crippen molar-refractivity contribution in [1.29, 1.82) is 0 Å². The molecule has 4 saturated carbocycles. The average Bonchev–Trinajstić information content (AvgIpc) is 2.43. The van der Waals surface area contributed by atoms with Crippen LogP contribution in [0, 0.1) is 29.6 Å². The first-order valence-electron chi connectivity index (χ1n) is 8.16. The van der Waals surface area contributed by atoms with Crippen LogP contribution in [-0.4, -0.2) is 11.5 Å². The van der Waals surface area contributed by atoms with Crippen molar-refractivity contribution in [2.75, 3.05) is 6.54 Å². The normalized spacial score (nSPS) is 38.3. The molecule has 1 aromatic heterocycles. The molecule has 108 valence electrons. The summed E-state index contributed by atoms with van der Waals surface area (Å²) >= 11 is 0. The van der Waals surface area contributed by atoms with E-state index in [2.05, 4.69) is 10.3 Å². The predicted octanol–water partition coefficient (Wildman–Crippen LogP) is 2.54. The minimum atomic E-state index is -0.0187. The Morgan fingerprint density at radius 2 is 1.75 bits per heavy atom. The number of aromatic nitrogens is 1. The summed E-state index contributed by atoms with van der Waals surface area (Å²) in [5.41, 5.74) is 1.16. The molecular weight excluding hydrogens is 248 g/mol. The lowest BCUT2D eigenvalue weighted by Gasteiger charge is -2.54. The van der Waals surface area contributed by atoms with E-state index in [1.807, 2.05) is 12.3 Å². The summed E-state index contributed by atoms with van der Waals surface area (Å²) in [6.45, 7) is 2.04. The fourth-order valence-corrected chi connectivity index (χ4v) is 5.31. The van der Waals surface area contributed by atoms with Crippen LogP contribution >= 0.6 is 0 Å². The van der Waals surface area contributed by atoms with Crippen LogP contribution < -0.4 is 10.9 Å². The van der Waals surface area contributed by atoms with Gasteiger partial charge < -0.3 is 10.3 Å². The SMILES string of the molecule is O=c1ccc(CNCC2C3CC4CC(C3)CC2C4)c[nH]1. The van der Waals surface area contributed by atoms with Gasteiger partial charge in [0.05, 0.1) is 0 Å². The van der Waals surface area contributed by atoms with E-state index in [0.717, 1.165) is 42.7 Å². The maximum absolute atomic E-state index is 11.0. The van der Waals surface area contributed by atoms with E-state index < -0.39 is 0 Å². The van der Waals surface area contributed by atoms with Crippen LogP contribution in [-0.2, 0) is 6.54 Å². The maximum Gasteiger partial charge on any atom is 0.247 e. The number of hydrogen-bond acceptors (Lipinski definition) is 2. The number of aromatic amines is 1. The molecule has 0 aromatic carbocycles. The van der Waals surface area contributed by atoms with Gasteiger partial charge in [-0.15, -0.1) is 0 Å². The second-order valence-corrected chi connectivity index (χ2v) is 7.29. The fourth-order valence-electron chi connectivity index (χ4n) is 5.31. The van der Waals surface area contributed by atoms with E-state index in [4.69, 9.17) is 0 Å². The van der Waals surface area contributed by atoms with Gasteiger partial charge in [-0.25, -0.2) is 0 Å². The lowest BCUT2D eigenvalue weighted by atomic mass is 9.52. The number of rotatable bonds is 4. The molecule has 0 saturated heterocycles. The molecule has 0 aliphatic heterocycles. The van der Waals surface area contributed by atoms with Gasteiger partial charge in [-0.05, 0) is 73.8 Å². The maximum atomic E-state index is 11.0. The molecule has 1 aromatic rings. The number of pyridine rings is 1. The van der Waals surface area contributed by atoms with E-state index >= 15 is 0 Å². The Balaban J connectivity index is 1.33. The van der Waals surface area contributed by atoms with E-state index in [1.165, 1.54) is 37.7 Å². The number of H-pyrrole nitrogens is 1. The second-order valence-electron chi connectivity index (χ2n) is 7.29. The predicted molar refractivity (Wildman–Crippen MR) is 79.3 cm³/mol. The van der Waals surface area contributed by atoms with Gasteiger partial charge in [0.2, 0.25) is 5.56 Å². The van der Waals surface area contributed by atoms with E-state index in [-0.39, 0.29) is 5.56 Å². The quantitative estimate of drug-likeness (QED) is 0.884. The van der Waals surface area contributed by atoms with E-state index in [9.17, 15) is 4.79 Å². The van der Waals surface area contributed by atoms with Gasteiger partial charge in [-0.3, -0.25) is 4.79 Å². The van der Waals surface area contributed by atoms with Gasteiger partial charge >= 0.3 is 0 Å². The molecule has 0 atom stereocenters. The minimum absolute atomic E-state index is 0.0187. The Kier molecular flexibility index (Phi) is 3.18. The molecule has 2 N–H and O–H groups in total. The van der Waals surface area contributed by atoms with E-state index in [1.54, 1.807) is 6.07 Å². The van der Waals surface area contributed by atoms with Crippen molar-refractivity contribution < 1.29 is 0 Å². The molecule has 4 aliphatic rings. The first-order chi connectivity index (χ1) is 9.78.